The molecule has 1 rings (SSSR count). The topological polar surface area (TPSA) is 35.2 Å². The molecule has 0 aliphatic rings. The number of benzene rings is 1. The summed E-state index contributed by atoms with van der Waals surface area (Å²) in [6, 6.07) is 8.11. The number of nitrogens with two attached hydrogens (primary N) is 1. The SMILES string of the molecule is CCOc1ccccc1[C@@H](N)C(C)CC. The lowest BCUT2D eigenvalue weighted by molar-refractivity contribution is 0.328. The molecule has 0 bridgehead atoms. The lowest BCUT2D eigenvalue weighted by atomic mass is 9.93. The van der Waals surface area contributed by atoms with Gasteiger partial charge in [-0.3, -0.25) is 0 Å². The van der Waals surface area contributed by atoms with Gasteiger partial charge in [0.25, 0.3) is 0 Å². The number of hydrogen-bond donors (Lipinski definition) is 1. The minimum Gasteiger partial charge on any atom is -0.494 e. The maximum Gasteiger partial charge on any atom is 0.124 e. The molecule has 0 saturated carbocycles. The molecule has 1 aromatic carbocycles. The van der Waals surface area contributed by atoms with Crippen molar-refractivity contribution in [1.29, 1.82) is 0 Å². The Morgan fingerprint density at radius 3 is 2.53 bits per heavy atom. The van der Waals surface area contributed by atoms with Crippen LogP contribution in [0.2, 0.25) is 0 Å². The van der Waals surface area contributed by atoms with Gasteiger partial charge in [0.1, 0.15) is 5.75 Å². The fourth-order valence-corrected chi connectivity index (χ4v) is 1.60. The highest BCUT2D eigenvalue weighted by Crippen LogP contribution is 2.29. The van der Waals surface area contributed by atoms with Crippen LogP contribution in [0, 0.1) is 5.92 Å². The van der Waals surface area contributed by atoms with Crippen LogP contribution in [0.15, 0.2) is 24.3 Å². The molecule has 2 N–H and O–H groups in total. The van der Waals surface area contributed by atoms with E-state index in [2.05, 4.69) is 19.9 Å². The lowest BCUT2D eigenvalue weighted by Gasteiger charge is -2.21. The van der Waals surface area contributed by atoms with Crippen molar-refractivity contribution in [2.75, 3.05) is 6.61 Å². The number of rotatable bonds is 5. The zero-order valence-electron chi connectivity index (χ0n) is 9.86. The van der Waals surface area contributed by atoms with Gasteiger partial charge in [-0.05, 0) is 18.9 Å². The van der Waals surface area contributed by atoms with Crippen molar-refractivity contribution in [2.24, 2.45) is 11.7 Å². The van der Waals surface area contributed by atoms with Crippen LogP contribution in [-0.2, 0) is 0 Å². The molecule has 1 aromatic rings. The summed E-state index contributed by atoms with van der Waals surface area (Å²) < 4.78 is 5.57. The predicted molar refractivity (Wildman–Crippen MR) is 64.0 cm³/mol. The van der Waals surface area contributed by atoms with Crippen LogP contribution in [0.3, 0.4) is 0 Å². The smallest absolute Gasteiger partial charge is 0.124 e. The van der Waals surface area contributed by atoms with Crippen molar-refractivity contribution < 1.29 is 4.74 Å². The van der Waals surface area contributed by atoms with E-state index in [0.29, 0.717) is 12.5 Å². The number of para-hydroxylation sites is 1. The van der Waals surface area contributed by atoms with Gasteiger partial charge in [0, 0.05) is 11.6 Å². The Hall–Kier alpha value is -1.02. The van der Waals surface area contributed by atoms with Gasteiger partial charge in [0.05, 0.1) is 6.61 Å². The molecule has 0 fully saturated rings. The van der Waals surface area contributed by atoms with Gasteiger partial charge >= 0.3 is 0 Å². The third-order valence-corrected chi connectivity index (χ3v) is 2.83. The molecule has 0 radical (unpaired) electrons. The summed E-state index contributed by atoms with van der Waals surface area (Å²) in [5.41, 5.74) is 7.32. The van der Waals surface area contributed by atoms with Crippen LogP contribution in [0.1, 0.15) is 38.8 Å². The Morgan fingerprint density at radius 1 is 1.27 bits per heavy atom. The summed E-state index contributed by atoms with van der Waals surface area (Å²) in [6.45, 7) is 7.01. The van der Waals surface area contributed by atoms with Gasteiger partial charge in [0.15, 0.2) is 0 Å². The molecule has 2 nitrogen and oxygen atoms in total. The number of ether oxygens (including phenoxy) is 1. The largest absolute Gasteiger partial charge is 0.494 e. The maximum absolute atomic E-state index is 6.20. The molecule has 0 amide bonds. The average Bonchev–Trinajstić information content (AvgIpc) is 2.28. The lowest BCUT2D eigenvalue weighted by Crippen LogP contribution is -2.19. The Bertz CT molecular complexity index is 298. The second kappa shape index (κ2) is 5.76. The molecular weight excluding hydrogens is 186 g/mol. The fraction of sp³-hybridized carbons (Fsp3) is 0.538. The van der Waals surface area contributed by atoms with E-state index in [1.165, 1.54) is 0 Å². The van der Waals surface area contributed by atoms with E-state index in [1.807, 2.05) is 25.1 Å². The zero-order chi connectivity index (χ0) is 11.3. The van der Waals surface area contributed by atoms with E-state index >= 15 is 0 Å². The first-order valence-corrected chi connectivity index (χ1v) is 5.68. The summed E-state index contributed by atoms with van der Waals surface area (Å²) in [6.07, 6.45) is 1.08. The molecule has 2 atom stereocenters. The van der Waals surface area contributed by atoms with E-state index in [4.69, 9.17) is 10.5 Å². The normalized spacial score (nSPS) is 14.7. The van der Waals surface area contributed by atoms with E-state index in [1.54, 1.807) is 0 Å². The second-order valence-electron chi connectivity index (χ2n) is 3.88. The Morgan fingerprint density at radius 2 is 1.93 bits per heavy atom. The second-order valence-corrected chi connectivity index (χ2v) is 3.88. The molecule has 0 aliphatic heterocycles. The molecule has 0 aliphatic carbocycles. The molecule has 0 heterocycles. The van der Waals surface area contributed by atoms with Gasteiger partial charge in [-0.15, -0.1) is 0 Å². The average molecular weight is 207 g/mol. The highest BCUT2D eigenvalue weighted by molar-refractivity contribution is 5.36. The van der Waals surface area contributed by atoms with Gasteiger partial charge in [0.2, 0.25) is 0 Å². The first-order valence-electron chi connectivity index (χ1n) is 5.68. The molecule has 84 valence electrons. The minimum absolute atomic E-state index is 0.0674. The van der Waals surface area contributed by atoms with Crippen molar-refractivity contribution in [3.8, 4) is 5.75 Å². The van der Waals surface area contributed by atoms with Crippen molar-refractivity contribution >= 4 is 0 Å². The zero-order valence-corrected chi connectivity index (χ0v) is 9.86. The fourth-order valence-electron chi connectivity index (χ4n) is 1.60. The van der Waals surface area contributed by atoms with Crippen molar-refractivity contribution in [3.05, 3.63) is 29.8 Å². The van der Waals surface area contributed by atoms with Gasteiger partial charge in [-0.25, -0.2) is 0 Å². The van der Waals surface area contributed by atoms with Crippen LogP contribution in [0.5, 0.6) is 5.75 Å². The monoisotopic (exact) mass is 207 g/mol. The van der Waals surface area contributed by atoms with Crippen LogP contribution < -0.4 is 10.5 Å². The minimum atomic E-state index is 0.0674. The van der Waals surface area contributed by atoms with Crippen LogP contribution >= 0.6 is 0 Å². The van der Waals surface area contributed by atoms with E-state index in [9.17, 15) is 0 Å². The van der Waals surface area contributed by atoms with Gasteiger partial charge in [-0.2, -0.15) is 0 Å². The van der Waals surface area contributed by atoms with Crippen LogP contribution in [0.4, 0.5) is 0 Å². The first kappa shape index (κ1) is 12.1. The third kappa shape index (κ3) is 2.96. The van der Waals surface area contributed by atoms with Crippen molar-refractivity contribution in [3.63, 3.8) is 0 Å². The van der Waals surface area contributed by atoms with E-state index in [-0.39, 0.29) is 6.04 Å². The summed E-state index contributed by atoms with van der Waals surface area (Å²) >= 11 is 0. The first-order chi connectivity index (χ1) is 7.20. The maximum atomic E-state index is 6.20. The van der Waals surface area contributed by atoms with Crippen LogP contribution in [0.25, 0.3) is 0 Å². The highest BCUT2D eigenvalue weighted by Gasteiger charge is 2.16. The van der Waals surface area contributed by atoms with Gasteiger partial charge < -0.3 is 10.5 Å². The Kier molecular flexibility index (Phi) is 4.63. The summed E-state index contributed by atoms with van der Waals surface area (Å²) in [5.74, 6) is 1.40. The van der Waals surface area contributed by atoms with Crippen molar-refractivity contribution in [1.82, 2.24) is 0 Å². The van der Waals surface area contributed by atoms with Crippen LogP contribution in [-0.4, -0.2) is 6.61 Å². The predicted octanol–water partition coefficient (Wildman–Crippen LogP) is 3.13. The molecule has 0 saturated heterocycles. The van der Waals surface area contributed by atoms with Crippen molar-refractivity contribution in [2.45, 2.75) is 33.2 Å². The molecule has 15 heavy (non-hydrogen) atoms. The number of hydrogen-bond acceptors (Lipinski definition) is 2. The summed E-state index contributed by atoms with van der Waals surface area (Å²) in [7, 11) is 0. The Labute approximate surface area is 92.4 Å². The molecule has 0 spiro atoms. The molecule has 2 heteroatoms. The highest BCUT2D eigenvalue weighted by atomic mass is 16.5. The Balaban J connectivity index is 2.91. The quantitative estimate of drug-likeness (QED) is 0.805. The summed E-state index contributed by atoms with van der Waals surface area (Å²) in [5, 5.41) is 0. The van der Waals surface area contributed by atoms with E-state index in [0.717, 1.165) is 17.7 Å². The van der Waals surface area contributed by atoms with E-state index < -0.39 is 0 Å². The summed E-state index contributed by atoms with van der Waals surface area (Å²) in [4.78, 5) is 0. The molecule has 0 aromatic heterocycles. The van der Waals surface area contributed by atoms with Gasteiger partial charge in [-0.1, -0.05) is 38.5 Å². The standard InChI is InChI=1S/C13H21NO/c1-4-10(3)13(14)11-8-6-7-9-12(11)15-5-2/h6-10,13H,4-5,14H2,1-3H3/t10?,13-/m0/s1. The molecular formula is C13H21NO. The third-order valence-electron chi connectivity index (χ3n) is 2.83. The molecule has 1 unspecified atom stereocenters.